The van der Waals surface area contributed by atoms with Crippen LogP contribution in [0.4, 0.5) is 11.4 Å². The number of halogens is 1. The number of hydrogen-bond donors (Lipinski definition) is 1. The van der Waals surface area contributed by atoms with Crippen LogP contribution >= 0.6 is 15.9 Å². The van der Waals surface area contributed by atoms with Gasteiger partial charge in [0, 0.05) is 10.2 Å². The summed E-state index contributed by atoms with van der Waals surface area (Å²) in [5, 5.41) is 3.67. The van der Waals surface area contributed by atoms with Gasteiger partial charge in [-0.2, -0.15) is 0 Å². The molecule has 0 bridgehead atoms. The van der Waals surface area contributed by atoms with Gasteiger partial charge < -0.3 is 5.32 Å². The van der Waals surface area contributed by atoms with Crippen molar-refractivity contribution in [2.45, 2.75) is 5.41 Å². The molecule has 6 rings (SSSR count). The van der Waals surface area contributed by atoms with Crippen molar-refractivity contribution in [3.63, 3.8) is 0 Å². The number of benzene rings is 4. The van der Waals surface area contributed by atoms with Crippen LogP contribution in [0.2, 0.25) is 0 Å². The summed E-state index contributed by atoms with van der Waals surface area (Å²) in [5.74, 6) is 0. The summed E-state index contributed by atoms with van der Waals surface area (Å²) in [4.78, 5) is 0. The van der Waals surface area contributed by atoms with Crippen LogP contribution < -0.4 is 5.32 Å². The van der Waals surface area contributed by atoms with E-state index in [9.17, 15) is 0 Å². The highest BCUT2D eigenvalue weighted by molar-refractivity contribution is 9.10. The van der Waals surface area contributed by atoms with Gasteiger partial charge in [-0.15, -0.1) is 0 Å². The molecule has 4 aromatic rings. The zero-order valence-electron chi connectivity index (χ0n) is 14.5. The van der Waals surface area contributed by atoms with Crippen LogP contribution in [0.25, 0.3) is 11.1 Å². The molecule has 1 aliphatic carbocycles. The van der Waals surface area contributed by atoms with Crippen molar-refractivity contribution in [3.8, 4) is 11.1 Å². The van der Waals surface area contributed by atoms with E-state index in [1.807, 2.05) is 0 Å². The first-order chi connectivity index (χ1) is 13.3. The topological polar surface area (TPSA) is 12.0 Å². The Balaban J connectivity index is 1.87. The molecule has 0 unspecified atom stereocenters. The molecule has 1 N–H and O–H groups in total. The smallest absolute Gasteiger partial charge is 0.0754 e. The van der Waals surface area contributed by atoms with Crippen molar-refractivity contribution in [2.75, 3.05) is 5.32 Å². The summed E-state index contributed by atoms with van der Waals surface area (Å²) in [5.41, 5.74) is 10.0. The number of rotatable bonds is 0. The van der Waals surface area contributed by atoms with Crippen LogP contribution in [0.1, 0.15) is 22.3 Å². The van der Waals surface area contributed by atoms with Gasteiger partial charge in [-0.1, -0.05) is 78.9 Å². The largest absolute Gasteiger partial charge is 0.354 e. The van der Waals surface area contributed by atoms with Crippen LogP contribution in [-0.2, 0) is 5.41 Å². The van der Waals surface area contributed by atoms with Crippen LogP contribution in [0, 0.1) is 0 Å². The number of nitrogens with one attached hydrogen (secondary N) is 1. The van der Waals surface area contributed by atoms with Gasteiger partial charge in [0.2, 0.25) is 0 Å². The molecule has 1 nitrogen and oxygen atoms in total. The fourth-order valence-electron chi connectivity index (χ4n) is 4.98. The fraction of sp³-hybridized carbons (Fsp3) is 0.0400. The molecule has 0 atom stereocenters. The Labute approximate surface area is 166 Å². The molecule has 2 heteroatoms. The van der Waals surface area contributed by atoms with E-state index in [-0.39, 0.29) is 5.41 Å². The number of hydrogen-bond acceptors (Lipinski definition) is 1. The van der Waals surface area contributed by atoms with Crippen LogP contribution in [-0.4, -0.2) is 0 Å². The predicted octanol–water partition coefficient (Wildman–Crippen LogP) is 6.87. The highest BCUT2D eigenvalue weighted by Crippen LogP contribution is 2.61. The second-order valence-corrected chi connectivity index (χ2v) is 8.03. The molecule has 1 heterocycles. The van der Waals surface area contributed by atoms with Crippen molar-refractivity contribution >= 4 is 27.3 Å². The number of anilines is 2. The third kappa shape index (κ3) is 1.79. The fourth-order valence-corrected chi connectivity index (χ4v) is 5.44. The summed E-state index contributed by atoms with van der Waals surface area (Å²) < 4.78 is 1.09. The van der Waals surface area contributed by atoms with E-state index in [1.165, 1.54) is 39.1 Å². The molecule has 2 aliphatic rings. The van der Waals surface area contributed by atoms with E-state index in [4.69, 9.17) is 0 Å². The molecule has 4 aromatic carbocycles. The Bertz CT molecular complexity index is 1180. The summed E-state index contributed by atoms with van der Waals surface area (Å²) in [6.07, 6.45) is 0. The molecule has 0 saturated heterocycles. The molecule has 0 aromatic heterocycles. The second kappa shape index (κ2) is 5.34. The lowest BCUT2D eigenvalue weighted by atomic mass is 9.65. The van der Waals surface area contributed by atoms with Gasteiger partial charge in [-0.25, -0.2) is 0 Å². The molecule has 128 valence electrons. The van der Waals surface area contributed by atoms with Gasteiger partial charge >= 0.3 is 0 Å². The molecule has 27 heavy (non-hydrogen) atoms. The van der Waals surface area contributed by atoms with Gasteiger partial charge in [0.25, 0.3) is 0 Å². The predicted molar refractivity (Wildman–Crippen MR) is 115 cm³/mol. The Kier molecular flexibility index (Phi) is 3.01. The maximum absolute atomic E-state index is 3.78. The lowest BCUT2D eigenvalue weighted by Crippen LogP contribution is -2.33. The lowest BCUT2D eigenvalue weighted by molar-refractivity contribution is 0.762. The lowest BCUT2D eigenvalue weighted by Gasteiger charge is -2.40. The average molecular weight is 410 g/mol. The van der Waals surface area contributed by atoms with E-state index in [2.05, 4.69) is 112 Å². The van der Waals surface area contributed by atoms with Gasteiger partial charge in [-0.3, -0.25) is 0 Å². The van der Waals surface area contributed by atoms with Crippen LogP contribution in [0.5, 0.6) is 0 Å². The third-order valence-corrected chi connectivity index (χ3v) is 6.62. The summed E-state index contributed by atoms with van der Waals surface area (Å²) in [6, 6.07) is 32.9. The van der Waals surface area contributed by atoms with Gasteiger partial charge in [-0.05, 0) is 61.4 Å². The molecular weight excluding hydrogens is 394 g/mol. The van der Waals surface area contributed by atoms with E-state index in [0.29, 0.717) is 0 Å². The maximum Gasteiger partial charge on any atom is 0.0754 e. The van der Waals surface area contributed by atoms with Gasteiger partial charge in [0.1, 0.15) is 0 Å². The summed E-state index contributed by atoms with van der Waals surface area (Å²) >= 11 is 3.78. The highest BCUT2D eigenvalue weighted by atomic mass is 79.9. The first kappa shape index (κ1) is 15.2. The molecule has 0 amide bonds. The SMILES string of the molecule is Brc1cccc2c1Nc1ccccc1C21c2ccccc2-c2ccccc21. The van der Waals surface area contributed by atoms with E-state index in [0.717, 1.165) is 10.2 Å². The maximum atomic E-state index is 3.78. The normalized spacial score (nSPS) is 14.7. The van der Waals surface area contributed by atoms with Crippen LogP contribution in [0.3, 0.4) is 0 Å². The monoisotopic (exact) mass is 409 g/mol. The Morgan fingerprint density at radius 2 is 1.11 bits per heavy atom. The standard InChI is InChI=1S/C25H16BrN/c26-22-14-7-13-21-24(22)27-23-15-6-5-12-20(23)25(21)18-10-3-1-8-16(18)17-9-2-4-11-19(17)25/h1-15,27H. The second-order valence-electron chi connectivity index (χ2n) is 7.17. The van der Waals surface area contributed by atoms with E-state index >= 15 is 0 Å². The Morgan fingerprint density at radius 1 is 0.556 bits per heavy atom. The van der Waals surface area contributed by atoms with Crippen molar-refractivity contribution in [3.05, 3.63) is 118 Å². The van der Waals surface area contributed by atoms with Gasteiger partial charge in [0.15, 0.2) is 0 Å². The van der Waals surface area contributed by atoms with Crippen molar-refractivity contribution in [1.82, 2.24) is 0 Å². The molecule has 0 fully saturated rings. The quantitative estimate of drug-likeness (QED) is 0.288. The average Bonchev–Trinajstić information content (AvgIpc) is 3.01. The first-order valence-electron chi connectivity index (χ1n) is 9.17. The van der Waals surface area contributed by atoms with Crippen molar-refractivity contribution < 1.29 is 0 Å². The third-order valence-electron chi connectivity index (χ3n) is 5.96. The number of para-hydroxylation sites is 2. The minimum Gasteiger partial charge on any atom is -0.354 e. The molecular formula is C25H16BrN. The van der Waals surface area contributed by atoms with E-state index in [1.54, 1.807) is 0 Å². The minimum atomic E-state index is -0.297. The molecule has 0 saturated carbocycles. The summed E-state index contributed by atoms with van der Waals surface area (Å²) in [7, 11) is 0. The first-order valence-corrected chi connectivity index (χ1v) is 9.96. The zero-order chi connectivity index (χ0) is 18.0. The van der Waals surface area contributed by atoms with Crippen molar-refractivity contribution in [1.29, 1.82) is 0 Å². The van der Waals surface area contributed by atoms with Gasteiger partial charge in [0.05, 0.1) is 11.1 Å². The highest BCUT2D eigenvalue weighted by Gasteiger charge is 2.50. The number of fused-ring (bicyclic) bond motifs is 9. The molecule has 0 radical (unpaired) electrons. The molecule has 1 aliphatic heterocycles. The molecule has 1 spiro atoms. The zero-order valence-corrected chi connectivity index (χ0v) is 16.1. The minimum absolute atomic E-state index is 0.297. The Hall–Kier alpha value is -2.84. The van der Waals surface area contributed by atoms with Crippen LogP contribution in [0.15, 0.2) is 95.5 Å². The Morgan fingerprint density at radius 3 is 1.81 bits per heavy atom. The van der Waals surface area contributed by atoms with E-state index < -0.39 is 0 Å². The summed E-state index contributed by atoms with van der Waals surface area (Å²) in [6.45, 7) is 0. The van der Waals surface area contributed by atoms with Crippen molar-refractivity contribution in [2.24, 2.45) is 0 Å².